The van der Waals surface area contributed by atoms with E-state index in [0.717, 1.165) is 16.0 Å². The highest BCUT2D eigenvalue weighted by molar-refractivity contribution is 8.01. The first-order chi connectivity index (χ1) is 7.95. The molecule has 1 aromatic carbocycles. The highest BCUT2D eigenvalue weighted by Gasteiger charge is 2.36. The number of ketones is 1. The van der Waals surface area contributed by atoms with Gasteiger partial charge in [-0.15, -0.1) is 11.8 Å². The van der Waals surface area contributed by atoms with Gasteiger partial charge in [-0.2, -0.15) is 5.26 Å². The van der Waals surface area contributed by atoms with Crippen molar-refractivity contribution in [3.63, 3.8) is 0 Å². The van der Waals surface area contributed by atoms with Crippen LogP contribution in [0.15, 0.2) is 34.7 Å². The van der Waals surface area contributed by atoms with E-state index in [1.54, 1.807) is 11.8 Å². The number of hydrogen-bond acceptors (Lipinski definition) is 3. The van der Waals surface area contributed by atoms with Crippen LogP contribution in [0.25, 0.3) is 0 Å². The van der Waals surface area contributed by atoms with Gasteiger partial charge in [-0.3, -0.25) is 4.79 Å². The summed E-state index contributed by atoms with van der Waals surface area (Å²) in [5.41, 5.74) is 2.37. The van der Waals surface area contributed by atoms with Gasteiger partial charge in [0.05, 0.1) is 6.07 Å². The SMILES string of the molecule is Cc1ccc2c(c1)C(=O)/C(=C\C#N)C(C)(C)S2. The molecule has 0 saturated carbocycles. The number of Topliss-reactive ketones (excluding diaryl/α,β-unsaturated/α-hetero) is 1. The van der Waals surface area contributed by atoms with Crippen LogP contribution >= 0.6 is 11.8 Å². The maximum atomic E-state index is 12.3. The van der Waals surface area contributed by atoms with Crippen molar-refractivity contribution in [1.29, 1.82) is 5.26 Å². The van der Waals surface area contributed by atoms with E-state index in [9.17, 15) is 4.79 Å². The second kappa shape index (κ2) is 4.05. The largest absolute Gasteiger partial charge is 0.289 e. The Morgan fingerprint density at radius 3 is 2.76 bits per heavy atom. The fourth-order valence-corrected chi connectivity index (χ4v) is 3.17. The summed E-state index contributed by atoms with van der Waals surface area (Å²) in [7, 11) is 0. The minimum absolute atomic E-state index is 0.0194. The van der Waals surface area contributed by atoms with Crippen molar-refractivity contribution in [1.82, 2.24) is 0 Å². The first kappa shape index (κ1) is 11.9. The van der Waals surface area contributed by atoms with Gasteiger partial charge in [-0.05, 0) is 32.9 Å². The number of nitrogens with zero attached hydrogens (tertiary/aromatic N) is 1. The third kappa shape index (κ3) is 2.01. The number of carbonyl (C=O) groups is 1. The summed E-state index contributed by atoms with van der Waals surface area (Å²) in [6.07, 6.45) is 1.38. The molecule has 2 nitrogen and oxygen atoms in total. The number of allylic oxidation sites excluding steroid dienone is 1. The summed E-state index contributed by atoms with van der Waals surface area (Å²) in [5, 5.41) is 8.78. The Morgan fingerprint density at radius 2 is 2.12 bits per heavy atom. The zero-order chi connectivity index (χ0) is 12.6. The van der Waals surface area contributed by atoms with Crippen molar-refractivity contribution in [2.75, 3.05) is 0 Å². The maximum absolute atomic E-state index is 12.3. The molecule has 0 bridgehead atoms. The third-order valence-electron chi connectivity index (χ3n) is 2.85. The number of thioether (sulfide) groups is 1. The molecule has 0 aliphatic carbocycles. The lowest BCUT2D eigenvalue weighted by molar-refractivity contribution is 0.102. The Kier molecular flexibility index (Phi) is 2.84. The number of nitriles is 1. The van der Waals surface area contributed by atoms with Gasteiger partial charge in [0, 0.05) is 26.9 Å². The van der Waals surface area contributed by atoms with Crippen molar-refractivity contribution >= 4 is 17.5 Å². The molecule has 0 radical (unpaired) electrons. The van der Waals surface area contributed by atoms with Gasteiger partial charge in [0.1, 0.15) is 0 Å². The molecule has 0 aromatic heterocycles. The molecular weight excluding hydrogens is 230 g/mol. The minimum atomic E-state index is -0.338. The number of benzene rings is 1. The van der Waals surface area contributed by atoms with E-state index in [1.807, 2.05) is 45.0 Å². The molecule has 3 heteroatoms. The predicted molar refractivity (Wildman–Crippen MR) is 69.1 cm³/mol. The second-order valence-corrected chi connectivity index (χ2v) is 6.29. The second-order valence-electron chi connectivity index (χ2n) is 4.63. The van der Waals surface area contributed by atoms with E-state index in [2.05, 4.69) is 0 Å². The zero-order valence-electron chi connectivity index (χ0n) is 10.1. The fourth-order valence-electron chi connectivity index (χ4n) is 1.96. The van der Waals surface area contributed by atoms with Crippen LogP contribution in [0, 0.1) is 18.3 Å². The molecular formula is C14H13NOS. The van der Waals surface area contributed by atoms with Crippen LogP contribution in [0.4, 0.5) is 0 Å². The summed E-state index contributed by atoms with van der Waals surface area (Å²) < 4.78 is -0.338. The van der Waals surface area contributed by atoms with Gasteiger partial charge in [0.25, 0.3) is 0 Å². The Bertz CT molecular complexity index is 564. The summed E-state index contributed by atoms with van der Waals surface area (Å²) in [6, 6.07) is 7.86. The molecule has 0 N–H and O–H groups in total. The van der Waals surface area contributed by atoms with E-state index >= 15 is 0 Å². The molecule has 1 heterocycles. The topological polar surface area (TPSA) is 40.9 Å². The lowest BCUT2D eigenvalue weighted by Crippen LogP contribution is -2.29. The average Bonchev–Trinajstić information content (AvgIpc) is 2.25. The normalized spacial score (nSPS) is 19.9. The number of carbonyl (C=O) groups excluding carboxylic acids is 1. The van der Waals surface area contributed by atoms with Crippen molar-refractivity contribution in [3.05, 3.63) is 41.0 Å². The highest BCUT2D eigenvalue weighted by atomic mass is 32.2. The Balaban J connectivity index is 2.63. The van der Waals surface area contributed by atoms with Gasteiger partial charge in [0.15, 0.2) is 5.78 Å². The van der Waals surface area contributed by atoms with Gasteiger partial charge in [0.2, 0.25) is 0 Å². The van der Waals surface area contributed by atoms with Gasteiger partial charge in [-0.25, -0.2) is 0 Å². The summed E-state index contributed by atoms with van der Waals surface area (Å²) in [6.45, 7) is 5.91. The summed E-state index contributed by atoms with van der Waals surface area (Å²) in [5.74, 6) is -0.0194. The van der Waals surface area contributed by atoms with Crippen molar-refractivity contribution in [2.45, 2.75) is 30.4 Å². The minimum Gasteiger partial charge on any atom is -0.289 e. The van der Waals surface area contributed by atoms with E-state index in [4.69, 9.17) is 5.26 Å². The van der Waals surface area contributed by atoms with Gasteiger partial charge in [-0.1, -0.05) is 11.6 Å². The summed E-state index contributed by atoms with van der Waals surface area (Å²) >= 11 is 1.63. The van der Waals surface area contributed by atoms with Crippen molar-refractivity contribution < 1.29 is 4.79 Å². The van der Waals surface area contributed by atoms with Crippen molar-refractivity contribution in [3.8, 4) is 6.07 Å². The van der Waals surface area contributed by atoms with Crippen LogP contribution in [-0.4, -0.2) is 10.5 Å². The molecule has 0 amide bonds. The van der Waals surface area contributed by atoms with E-state index < -0.39 is 0 Å². The summed E-state index contributed by atoms with van der Waals surface area (Å²) in [4.78, 5) is 13.3. The standard InChI is InChI=1S/C14H13NOS/c1-9-4-5-12-10(8-9)13(16)11(6-7-15)14(2,3)17-12/h4-6,8H,1-3H3/b11-6+. The number of rotatable bonds is 0. The monoisotopic (exact) mass is 243 g/mol. The first-order valence-corrected chi connectivity index (χ1v) is 6.22. The predicted octanol–water partition coefficient (Wildman–Crippen LogP) is 3.51. The van der Waals surface area contributed by atoms with Gasteiger partial charge < -0.3 is 0 Å². The average molecular weight is 243 g/mol. The molecule has 0 atom stereocenters. The third-order valence-corrected chi connectivity index (χ3v) is 4.15. The maximum Gasteiger partial charge on any atom is 0.192 e. The van der Waals surface area contributed by atoms with Crippen LogP contribution in [-0.2, 0) is 0 Å². The molecule has 17 heavy (non-hydrogen) atoms. The van der Waals surface area contributed by atoms with Gasteiger partial charge >= 0.3 is 0 Å². The first-order valence-electron chi connectivity index (χ1n) is 5.40. The van der Waals surface area contributed by atoms with E-state index in [1.165, 1.54) is 6.08 Å². The molecule has 0 saturated heterocycles. The molecule has 0 fully saturated rings. The molecule has 1 aliphatic heterocycles. The van der Waals surface area contributed by atoms with Crippen LogP contribution in [0.5, 0.6) is 0 Å². The Hall–Kier alpha value is -1.53. The Morgan fingerprint density at radius 1 is 1.41 bits per heavy atom. The van der Waals surface area contributed by atoms with E-state index in [0.29, 0.717) is 5.57 Å². The number of aryl methyl sites for hydroxylation is 1. The Labute approximate surface area is 105 Å². The van der Waals surface area contributed by atoms with Crippen molar-refractivity contribution in [2.24, 2.45) is 0 Å². The highest BCUT2D eigenvalue weighted by Crippen LogP contribution is 2.45. The molecule has 1 aromatic rings. The molecule has 0 spiro atoms. The van der Waals surface area contributed by atoms with Crippen LogP contribution < -0.4 is 0 Å². The quantitative estimate of drug-likeness (QED) is 0.517. The van der Waals surface area contributed by atoms with Crippen LogP contribution in [0.2, 0.25) is 0 Å². The van der Waals surface area contributed by atoms with Crippen LogP contribution in [0.1, 0.15) is 29.8 Å². The number of fused-ring (bicyclic) bond motifs is 1. The molecule has 86 valence electrons. The molecule has 1 aliphatic rings. The number of hydrogen-bond donors (Lipinski definition) is 0. The zero-order valence-corrected chi connectivity index (χ0v) is 10.9. The fraction of sp³-hybridized carbons (Fsp3) is 0.286. The lowest BCUT2D eigenvalue weighted by atomic mass is 9.92. The van der Waals surface area contributed by atoms with Crippen LogP contribution in [0.3, 0.4) is 0 Å². The molecule has 2 rings (SSSR count). The molecule has 0 unspecified atom stereocenters. The lowest BCUT2D eigenvalue weighted by Gasteiger charge is -2.32. The smallest absolute Gasteiger partial charge is 0.192 e. The van der Waals surface area contributed by atoms with E-state index in [-0.39, 0.29) is 10.5 Å².